The van der Waals surface area contributed by atoms with Crippen molar-refractivity contribution in [2.75, 3.05) is 12.4 Å². The number of nitrogens with zero attached hydrogens (tertiary/aromatic N) is 1. The summed E-state index contributed by atoms with van der Waals surface area (Å²) in [5, 5.41) is 4.21. The molecule has 4 rings (SSSR count). The lowest BCUT2D eigenvalue weighted by atomic mass is 10.1. The topological polar surface area (TPSA) is 68.3 Å². The first-order chi connectivity index (χ1) is 14.9. The van der Waals surface area contributed by atoms with Crippen LogP contribution in [-0.2, 0) is 11.2 Å². The van der Waals surface area contributed by atoms with E-state index in [0.717, 1.165) is 38.3 Å². The number of aryl methyl sites for hydroxylation is 2. The number of para-hydroxylation sites is 1. The van der Waals surface area contributed by atoms with Crippen molar-refractivity contribution < 1.29 is 14.3 Å². The molecule has 1 aromatic carbocycles. The van der Waals surface area contributed by atoms with Crippen LogP contribution in [0.3, 0.4) is 0 Å². The van der Waals surface area contributed by atoms with E-state index in [2.05, 4.69) is 18.3 Å². The number of carbonyl (C=O) groups excluding carboxylic acids is 2. The molecule has 158 valence electrons. The first-order valence-electron chi connectivity index (χ1n) is 9.91. The first kappa shape index (κ1) is 21.2. The molecule has 0 aliphatic heterocycles. The number of aromatic nitrogens is 1. The highest BCUT2D eigenvalue weighted by Gasteiger charge is 2.23. The predicted octanol–water partition coefficient (Wildman–Crippen LogP) is 6.24. The number of carbonyl (C=O) groups is 2. The van der Waals surface area contributed by atoms with E-state index >= 15 is 0 Å². The van der Waals surface area contributed by atoms with Gasteiger partial charge in [0.25, 0.3) is 5.91 Å². The summed E-state index contributed by atoms with van der Waals surface area (Å²) in [6, 6.07) is 13.6. The molecule has 0 aliphatic carbocycles. The third kappa shape index (κ3) is 3.98. The maximum absolute atomic E-state index is 13.4. The van der Waals surface area contributed by atoms with Crippen molar-refractivity contribution in [1.29, 1.82) is 0 Å². The number of ether oxygens (including phenoxy) is 1. The minimum Gasteiger partial charge on any atom is -0.465 e. The number of esters is 1. The van der Waals surface area contributed by atoms with Gasteiger partial charge in [-0.2, -0.15) is 0 Å². The Morgan fingerprint density at radius 3 is 2.58 bits per heavy atom. The Morgan fingerprint density at radius 1 is 1.10 bits per heavy atom. The van der Waals surface area contributed by atoms with Crippen molar-refractivity contribution in [1.82, 2.24) is 4.98 Å². The van der Waals surface area contributed by atoms with Crippen LogP contribution in [0.4, 0.5) is 5.00 Å². The van der Waals surface area contributed by atoms with Gasteiger partial charge in [0, 0.05) is 15.1 Å². The molecule has 0 bridgehead atoms. The van der Waals surface area contributed by atoms with Crippen LogP contribution in [0.5, 0.6) is 0 Å². The van der Waals surface area contributed by atoms with Gasteiger partial charge in [0.1, 0.15) is 5.00 Å². The van der Waals surface area contributed by atoms with E-state index in [4.69, 9.17) is 9.72 Å². The van der Waals surface area contributed by atoms with Crippen LogP contribution in [0.1, 0.15) is 43.0 Å². The normalized spacial score (nSPS) is 11.0. The molecule has 0 saturated heterocycles. The van der Waals surface area contributed by atoms with E-state index < -0.39 is 5.97 Å². The summed E-state index contributed by atoms with van der Waals surface area (Å²) in [6.07, 6.45) is 0.957. The smallest absolute Gasteiger partial charge is 0.341 e. The Labute approximate surface area is 188 Å². The molecule has 7 heteroatoms. The zero-order chi connectivity index (χ0) is 22.1. The van der Waals surface area contributed by atoms with Crippen LogP contribution >= 0.6 is 22.7 Å². The van der Waals surface area contributed by atoms with Gasteiger partial charge in [0.05, 0.1) is 34.3 Å². The van der Waals surface area contributed by atoms with Crippen molar-refractivity contribution in [2.24, 2.45) is 0 Å². The second kappa shape index (κ2) is 8.61. The summed E-state index contributed by atoms with van der Waals surface area (Å²) >= 11 is 3.05. The molecule has 0 atom stereocenters. The fraction of sp³-hybridized carbons (Fsp3) is 0.208. The van der Waals surface area contributed by atoms with Crippen molar-refractivity contribution in [2.45, 2.75) is 27.2 Å². The molecule has 0 unspecified atom stereocenters. The molecule has 0 aliphatic rings. The molecule has 1 N–H and O–H groups in total. The molecule has 0 radical (unpaired) electrons. The summed E-state index contributed by atoms with van der Waals surface area (Å²) in [6.45, 7) is 5.89. The van der Waals surface area contributed by atoms with Crippen LogP contribution in [0.15, 0.2) is 42.5 Å². The second-order valence-corrected chi connectivity index (χ2v) is 9.52. The van der Waals surface area contributed by atoms with Crippen LogP contribution < -0.4 is 5.32 Å². The summed E-state index contributed by atoms with van der Waals surface area (Å²) in [4.78, 5) is 33.7. The fourth-order valence-corrected chi connectivity index (χ4v) is 5.38. The minimum absolute atomic E-state index is 0.279. The SMILES string of the molecule is CCc1ccc(-c2cc(C(=O)Nc3sc(C)c(C)c3C(=O)OC)c3ccccc3n2)s1. The Bertz CT molecular complexity index is 1300. The van der Waals surface area contributed by atoms with Gasteiger partial charge in [-0.1, -0.05) is 25.1 Å². The molecule has 31 heavy (non-hydrogen) atoms. The number of hydrogen-bond donors (Lipinski definition) is 1. The van der Waals surface area contributed by atoms with Gasteiger partial charge in [-0.25, -0.2) is 9.78 Å². The second-order valence-electron chi connectivity index (χ2n) is 7.12. The van der Waals surface area contributed by atoms with Crippen LogP contribution in [0.2, 0.25) is 0 Å². The molecule has 0 saturated carbocycles. The first-order valence-corrected chi connectivity index (χ1v) is 11.5. The monoisotopic (exact) mass is 450 g/mol. The number of methoxy groups -OCH3 is 1. The summed E-state index contributed by atoms with van der Waals surface area (Å²) in [5.74, 6) is -0.735. The van der Waals surface area contributed by atoms with Crippen molar-refractivity contribution in [3.8, 4) is 10.6 Å². The average molecular weight is 451 g/mol. The van der Waals surface area contributed by atoms with Gasteiger partial charge < -0.3 is 10.1 Å². The van der Waals surface area contributed by atoms with Crippen molar-refractivity contribution >= 4 is 50.5 Å². The van der Waals surface area contributed by atoms with Crippen LogP contribution in [-0.4, -0.2) is 24.0 Å². The van der Waals surface area contributed by atoms with Gasteiger partial charge in [-0.05, 0) is 50.1 Å². The Hall–Kier alpha value is -3.03. The van der Waals surface area contributed by atoms with Gasteiger partial charge in [0.2, 0.25) is 0 Å². The van der Waals surface area contributed by atoms with Gasteiger partial charge >= 0.3 is 5.97 Å². The highest BCUT2D eigenvalue weighted by molar-refractivity contribution is 7.17. The quantitative estimate of drug-likeness (QED) is 0.365. The molecular formula is C24H22N2O3S2. The summed E-state index contributed by atoms with van der Waals surface area (Å²) < 4.78 is 4.93. The standard InChI is InChI=1S/C24H22N2O3S2/c1-5-15-10-11-20(31-15)19-12-17(16-8-6-7-9-18(16)25-19)22(27)26-23-21(24(28)29-4)13(2)14(3)30-23/h6-12H,5H2,1-4H3,(H,26,27). The maximum atomic E-state index is 13.4. The molecule has 4 aromatic rings. The number of rotatable bonds is 5. The van der Waals surface area contributed by atoms with Crippen LogP contribution in [0, 0.1) is 13.8 Å². The molecule has 0 spiro atoms. The zero-order valence-electron chi connectivity index (χ0n) is 17.7. The number of fused-ring (bicyclic) bond motifs is 1. The minimum atomic E-state index is -0.455. The molecular weight excluding hydrogens is 428 g/mol. The number of hydrogen-bond acceptors (Lipinski definition) is 6. The van der Waals surface area contributed by atoms with Crippen molar-refractivity contribution in [3.05, 3.63) is 68.9 Å². The summed E-state index contributed by atoms with van der Waals surface area (Å²) in [7, 11) is 1.34. The van der Waals surface area contributed by atoms with Gasteiger partial charge in [-0.3, -0.25) is 4.79 Å². The number of anilines is 1. The third-order valence-corrected chi connectivity index (χ3v) is 7.60. The van der Waals surface area contributed by atoms with E-state index in [0.29, 0.717) is 16.1 Å². The highest BCUT2D eigenvalue weighted by Crippen LogP contribution is 2.35. The number of benzene rings is 1. The van der Waals surface area contributed by atoms with E-state index in [1.54, 1.807) is 11.3 Å². The number of amides is 1. The Kier molecular flexibility index (Phi) is 5.89. The molecule has 1 amide bonds. The lowest BCUT2D eigenvalue weighted by Crippen LogP contribution is -2.15. The number of thiophene rings is 2. The number of nitrogens with one attached hydrogen (secondary N) is 1. The van der Waals surface area contributed by atoms with E-state index in [1.165, 1.54) is 23.3 Å². The molecule has 3 heterocycles. The Balaban J connectivity index is 1.80. The predicted molar refractivity (Wildman–Crippen MR) is 128 cm³/mol. The molecule has 0 fully saturated rings. The van der Waals surface area contributed by atoms with Crippen LogP contribution in [0.25, 0.3) is 21.5 Å². The lowest BCUT2D eigenvalue weighted by Gasteiger charge is -2.10. The fourth-order valence-electron chi connectivity index (χ4n) is 3.43. The molecule has 3 aromatic heterocycles. The summed E-state index contributed by atoms with van der Waals surface area (Å²) in [5.41, 5.74) is 3.26. The van der Waals surface area contributed by atoms with Gasteiger partial charge in [0.15, 0.2) is 0 Å². The Morgan fingerprint density at radius 2 is 1.87 bits per heavy atom. The zero-order valence-corrected chi connectivity index (χ0v) is 19.4. The highest BCUT2D eigenvalue weighted by atomic mass is 32.1. The van der Waals surface area contributed by atoms with E-state index in [-0.39, 0.29) is 5.91 Å². The third-order valence-electron chi connectivity index (χ3n) is 5.23. The van der Waals surface area contributed by atoms with Crippen molar-refractivity contribution in [3.63, 3.8) is 0 Å². The maximum Gasteiger partial charge on any atom is 0.341 e. The average Bonchev–Trinajstić information content (AvgIpc) is 3.37. The molecule has 5 nitrogen and oxygen atoms in total. The van der Waals surface area contributed by atoms with E-state index in [1.807, 2.05) is 50.2 Å². The largest absolute Gasteiger partial charge is 0.465 e. The van der Waals surface area contributed by atoms with Gasteiger partial charge in [-0.15, -0.1) is 22.7 Å². The van der Waals surface area contributed by atoms with E-state index in [9.17, 15) is 9.59 Å². The lowest BCUT2D eigenvalue weighted by molar-refractivity contribution is 0.0601. The number of pyridine rings is 1.